The number of nitrogen functional groups attached to an aromatic ring is 1. The molecule has 0 atom stereocenters. The highest BCUT2D eigenvalue weighted by Crippen LogP contribution is 2.32. The molecule has 2 nitrogen and oxygen atoms in total. The summed E-state index contributed by atoms with van der Waals surface area (Å²) in [7, 11) is 1.93. The fraction of sp³-hybridized carbons (Fsp3) is 0.250. The van der Waals surface area contributed by atoms with Gasteiger partial charge in [-0.15, -0.1) is 0 Å². The van der Waals surface area contributed by atoms with Crippen LogP contribution in [0.15, 0.2) is 48.5 Å². The molecule has 0 aliphatic carbocycles. The number of nitrogens with one attached hydrogen (secondary N) is 1. The molecule has 3 N–H and O–H groups in total. The zero-order chi connectivity index (χ0) is 13.2. The van der Waals surface area contributed by atoms with Crippen LogP contribution in [0.4, 0.5) is 11.4 Å². The van der Waals surface area contributed by atoms with E-state index in [4.69, 9.17) is 5.73 Å². The molecule has 0 unspecified atom stereocenters. The van der Waals surface area contributed by atoms with Gasteiger partial charge < -0.3 is 11.1 Å². The summed E-state index contributed by atoms with van der Waals surface area (Å²) in [5.74, 6) is 0. The smallest absolute Gasteiger partial charge is 0.0337 e. The third kappa shape index (κ3) is 2.33. The van der Waals surface area contributed by atoms with E-state index in [0.717, 1.165) is 11.4 Å². The topological polar surface area (TPSA) is 38.0 Å². The molecular weight excluding hydrogens is 220 g/mol. The number of benzene rings is 2. The quantitative estimate of drug-likeness (QED) is 0.804. The Balaban J connectivity index is 2.37. The van der Waals surface area contributed by atoms with E-state index in [1.165, 1.54) is 11.1 Å². The Bertz CT molecular complexity index is 510. The van der Waals surface area contributed by atoms with Crippen molar-refractivity contribution in [3.63, 3.8) is 0 Å². The van der Waals surface area contributed by atoms with Gasteiger partial charge in [0.1, 0.15) is 0 Å². The highest BCUT2D eigenvalue weighted by Gasteiger charge is 2.22. The van der Waals surface area contributed by atoms with Crippen LogP contribution in [0, 0.1) is 0 Å². The zero-order valence-corrected chi connectivity index (χ0v) is 11.2. The molecular formula is C16H20N2. The first-order valence-corrected chi connectivity index (χ1v) is 6.18. The van der Waals surface area contributed by atoms with E-state index in [-0.39, 0.29) is 5.41 Å². The average molecular weight is 240 g/mol. The van der Waals surface area contributed by atoms with Crippen molar-refractivity contribution >= 4 is 11.4 Å². The summed E-state index contributed by atoms with van der Waals surface area (Å²) in [6.07, 6.45) is 0. The summed E-state index contributed by atoms with van der Waals surface area (Å²) in [5, 5.41) is 3.14. The van der Waals surface area contributed by atoms with Crippen LogP contribution < -0.4 is 11.1 Å². The largest absolute Gasteiger partial charge is 0.399 e. The lowest BCUT2D eigenvalue weighted by Gasteiger charge is -2.26. The Morgan fingerprint density at radius 1 is 0.833 bits per heavy atom. The van der Waals surface area contributed by atoms with Gasteiger partial charge in [-0.1, -0.05) is 38.1 Å². The Labute approximate surface area is 109 Å². The Morgan fingerprint density at radius 3 is 1.72 bits per heavy atom. The predicted molar refractivity (Wildman–Crippen MR) is 79.0 cm³/mol. The van der Waals surface area contributed by atoms with Gasteiger partial charge in [-0.3, -0.25) is 0 Å². The average Bonchev–Trinajstić information content (AvgIpc) is 2.39. The fourth-order valence-corrected chi connectivity index (χ4v) is 2.12. The third-order valence-corrected chi connectivity index (χ3v) is 3.53. The van der Waals surface area contributed by atoms with Crippen LogP contribution in [-0.2, 0) is 5.41 Å². The molecule has 0 radical (unpaired) electrons. The molecule has 0 fully saturated rings. The van der Waals surface area contributed by atoms with Crippen LogP contribution in [-0.4, -0.2) is 7.05 Å². The van der Waals surface area contributed by atoms with Crippen molar-refractivity contribution in [1.29, 1.82) is 0 Å². The first kappa shape index (κ1) is 12.5. The normalized spacial score (nSPS) is 11.3. The van der Waals surface area contributed by atoms with Crippen LogP contribution >= 0.6 is 0 Å². The molecule has 0 saturated heterocycles. The minimum Gasteiger partial charge on any atom is -0.399 e. The summed E-state index contributed by atoms with van der Waals surface area (Å²) < 4.78 is 0. The number of hydrogen-bond donors (Lipinski definition) is 2. The molecule has 0 spiro atoms. The summed E-state index contributed by atoms with van der Waals surface area (Å²) in [6.45, 7) is 4.46. The Hall–Kier alpha value is -1.96. The molecule has 0 heterocycles. The third-order valence-electron chi connectivity index (χ3n) is 3.53. The molecule has 18 heavy (non-hydrogen) atoms. The van der Waals surface area contributed by atoms with Gasteiger partial charge in [0, 0.05) is 23.8 Å². The number of hydrogen-bond acceptors (Lipinski definition) is 2. The van der Waals surface area contributed by atoms with Crippen molar-refractivity contribution in [3.05, 3.63) is 59.7 Å². The second-order valence-electron chi connectivity index (χ2n) is 5.07. The summed E-state index contributed by atoms with van der Waals surface area (Å²) in [6, 6.07) is 16.7. The molecule has 94 valence electrons. The van der Waals surface area contributed by atoms with Gasteiger partial charge >= 0.3 is 0 Å². The Kier molecular flexibility index (Phi) is 3.28. The molecule has 2 aromatic rings. The van der Waals surface area contributed by atoms with Gasteiger partial charge in [-0.05, 0) is 35.4 Å². The van der Waals surface area contributed by atoms with E-state index in [0.29, 0.717) is 0 Å². The van der Waals surface area contributed by atoms with Crippen LogP contribution in [0.1, 0.15) is 25.0 Å². The van der Waals surface area contributed by atoms with Gasteiger partial charge in [0.2, 0.25) is 0 Å². The van der Waals surface area contributed by atoms with Crippen molar-refractivity contribution in [1.82, 2.24) is 0 Å². The van der Waals surface area contributed by atoms with Crippen molar-refractivity contribution < 1.29 is 0 Å². The molecule has 2 heteroatoms. The molecule has 0 aliphatic rings. The van der Waals surface area contributed by atoms with Gasteiger partial charge in [0.25, 0.3) is 0 Å². The minimum absolute atomic E-state index is 0.0139. The van der Waals surface area contributed by atoms with Gasteiger partial charge in [-0.2, -0.15) is 0 Å². The van der Waals surface area contributed by atoms with Crippen molar-refractivity contribution in [2.75, 3.05) is 18.1 Å². The summed E-state index contributed by atoms with van der Waals surface area (Å²) in [4.78, 5) is 0. The van der Waals surface area contributed by atoms with E-state index >= 15 is 0 Å². The molecule has 0 bridgehead atoms. The summed E-state index contributed by atoms with van der Waals surface area (Å²) >= 11 is 0. The first-order valence-electron chi connectivity index (χ1n) is 6.18. The maximum atomic E-state index is 5.74. The van der Waals surface area contributed by atoms with Gasteiger partial charge in [-0.25, -0.2) is 0 Å². The zero-order valence-electron chi connectivity index (χ0n) is 11.2. The second kappa shape index (κ2) is 4.73. The molecule has 0 amide bonds. The maximum absolute atomic E-state index is 5.74. The van der Waals surface area contributed by atoms with Gasteiger partial charge in [0.05, 0.1) is 0 Å². The van der Waals surface area contributed by atoms with Crippen LogP contribution in [0.3, 0.4) is 0 Å². The van der Waals surface area contributed by atoms with E-state index < -0.39 is 0 Å². The molecule has 0 saturated carbocycles. The molecule has 2 aromatic carbocycles. The van der Waals surface area contributed by atoms with Crippen molar-refractivity contribution in [2.24, 2.45) is 0 Å². The van der Waals surface area contributed by atoms with Gasteiger partial charge in [0.15, 0.2) is 0 Å². The van der Waals surface area contributed by atoms with E-state index in [2.05, 4.69) is 55.6 Å². The number of nitrogens with two attached hydrogens (primary N) is 1. The molecule has 0 aromatic heterocycles. The SMILES string of the molecule is CNc1ccc(C(C)(C)c2ccc(N)cc2)cc1. The second-order valence-corrected chi connectivity index (χ2v) is 5.07. The highest BCUT2D eigenvalue weighted by atomic mass is 14.8. The van der Waals surface area contributed by atoms with E-state index in [9.17, 15) is 0 Å². The van der Waals surface area contributed by atoms with Crippen LogP contribution in [0.5, 0.6) is 0 Å². The lowest BCUT2D eigenvalue weighted by atomic mass is 9.78. The van der Waals surface area contributed by atoms with Crippen LogP contribution in [0.25, 0.3) is 0 Å². The predicted octanol–water partition coefficient (Wildman–Crippen LogP) is 3.64. The maximum Gasteiger partial charge on any atom is 0.0337 e. The Morgan fingerprint density at radius 2 is 1.28 bits per heavy atom. The standard InChI is InChI=1S/C16H20N2/c1-16(2,12-4-8-14(17)9-5-12)13-6-10-15(18-3)11-7-13/h4-11,18H,17H2,1-3H3. The van der Waals surface area contributed by atoms with Crippen LogP contribution in [0.2, 0.25) is 0 Å². The molecule has 2 rings (SSSR count). The minimum atomic E-state index is -0.0139. The van der Waals surface area contributed by atoms with Crippen molar-refractivity contribution in [3.8, 4) is 0 Å². The fourth-order valence-electron chi connectivity index (χ4n) is 2.12. The first-order chi connectivity index (χ1) is 8.54. The lowest BCUT2D eigenvalue weighted by molar-refractivity contribution is 0.641. The highest BCUT2D eigenvalue weighted by molar-refractivity contribution is 5.49. The van der Waals surface area contributed by atoms with E-state index in [1.54, 1.807) is 0 Å². The summed E-state index contributed by atoms with van der Waals surface area (Å²) in [5.41, 5.74) is 10.2. The monoisotopic (exact) mass is 240 g/mol. The van der Waals surface area contributed by atoms with Crippen molar-refractivity contribution in [2.45, 2.75) is 19.3 Å². The lowest BCUT2D eigenvalue weighted by Crippen LogP contribution is -2.18. The number of anilines is 2. The number of rotatable bonds is 3. The molecule has 0 aliphatic heterocycles. The van der Waals surface area contributed by atoms with E-state index in [1.807, 2.05) is 19.2 Å².